The first kappa shape index (κ1) is 19.8. The van der Waals surface area contributed by atoms with Crippen LogP contribution in [0.15, 0.2) is 58.6 Å². The molecule has 0 atom stereocenters. The molecule has 0 radical (unpaired) electrons. The molecule has 0 bridgehead atoms. The van der Waals surface area contributed by atoms with E-state index >= 15 is 0 Å². The van der Waals surface area contributed by atoms with Crippen molar-refractivity contribution in [2.24, 2.45) is 5.14 Å². The number of anilines is 1. The number of thioether (sulfide) groups is 1. The normalized spacial score (nSPS) is 11.4. The summed E-state index contributed by atoms with van der Waals surface area (Å²) in [5.74, 6) is 5.15. The van der Waals surface area contributed by atoms with Gasteiger partial charge >= 0.3 is 0 Å². The number of nitrogens with one attached hydrogen (secondary N) is 1. The quantitative estimate of drug-likeness (QED) is 0.399. The number of hydrogen-bond donors (Lipinski definition) is 3. The first-order valence-corrected chi connectivity index (χ1v) is 10.3. The lowest BCUT2D eigenvalue weighted by Gasteiger charge is -2.06. The first-order valence-electron chi connectivity index (χ1n) is 7.76. The van der Waals surface area contributed by atoms with Gasteiger partial charge < -0.3 is 11.2 Å². The maximum Gasteiger partial charge on any atom is 0.238 e. The molecule has 1 heterocycles. The van der Waals surface area contributed by atoms with Gasteiger partial charge in [-0.15, -0.1) is 10.2 Å². The molecule has 3 rings (SSSR count). The van der Waals surface area contributed by atoms with Gasteiger partial charge in [-0.05, 0) is 36.4 Å². The molecular formula is C16H15FN6O3S2. The van der Waals surface area contributed by atoms with Crippen molar-refractivity contribution < 1.29 is 17.6 Å². The summed E-state index contributed by atoms with van der Waals surface area (Å²) in [6, 6.07) is 11.4. The third-order valence-corrected chi connectivity index (χ3v) is 5.45. The van der Waals surface area contributed by atoms with Crippen LogP contribution in [0.2, 0.25) is 0 Å². The molecule has 0 unspecified atom stereocenters. The Labute approximate surface area is 164 Å². The highest BCUT2D eigenvalue weighted by molar-refractivity contribution is 7.99. The molecule has 146 valence electrons. The molecule has 2 aromatic carbocycles. The van der Waals surface area contributed by atoms with Crippen LogP contribution >= 0.6 is 11.8 Å². The predicted octanol–water partition coefficient (Wildman–Crippen LogP) is 1.18. The van der Waals surface area contributed by atoms with E-state index in [-0.39, 0.29) is 33.1 Å². The summed E-state index contributed by atoms with van der Waals surface area (Å²) in [5, 5.41) is 15.6. The van der Waals surface area contributed by atoms with Gasteiger partial charge in [0.1, 0.15) is 5.82 Å². The van der Waals surface area contributed by atoms with E-state index in [9.17, 15) is 17.6 Å². The molecule has 0 saturated heterocycles. The smallest absolute Gasteiger partial charge is 0.238 e. The predicted molar refractivity (Wildman–Crippen MR) is 103 cm³/mol. The van der Waals surface area contributed by atoms with E-state index in [1.54, 1.807) is 12.1 Å². The summed E-state index contributed by atoms with van der Waals surface area (Å²) < 4.78 is 37.4. The van der Waals surface area contributed by atoms with E-state index in [0.717, 1.165) is 16.4 Å². The van der Waals surface area contributed by atoms with Crippen molar-refractivity contribution in [3.63, 3.8) is 0 Å². The molecule has 1 aromatic heterocycles. The number of nitrogen functional groups attached to an aromatic ring is 1. The Bertz CT molecular complexity index is 1120. The summed E-state index contributed by atoms with van der Waals surface area (Å²) in [6.07, 6.45) is 0. The van der Waals surface area contributed by atoms with Gasteiger partial charge in [0, 0.05) is 5.69 Å². The van der Waals surface area contributed by atoms with Crippen molar-refractivity contribution in [1.82, 2.24) is 14.9 Å². The first-order chi connectivity index (χ1) is 13.3. The van der Waals surface area contributed by atoms with Crippen LogP contribution in [0.4, 0.5) is 10.1 Å². The Kier molecular flexibility index (Phi) is 5.63. The highest BCUT2D eigenvalue weighted by atomic mass is 32.2. The van der Waals surface area contributed by atoms with Crippen molar-refractivity contribution in [3.05, 3.63) is 54.3 Å². The number of halogens is 1. The average molecular weight is 422 g/mol. The summed E-state index contributed by atoms with van der Waals surface area (Å²) in [7, 11) is -3.80. The number of carbonyl (C=O) groups is 1. The second-order valence-corrected chi connectivity index (χ2v) is 8.07. The molecule has 0 fully saturated rings. The molecule has 0 spiro atoms. The Morgan fingerprint density at radius 3 is 2.46 bits per heavy atom. The van der Waals surface area contributed by atoms with Gasteiger partial charge in [0.05, 0.1) is 16.2 Å². The number of primary sulfonamides is 1. The zero-order valence-corrected chi connectivity index (χ0v) is 15.9. The molecule has 3 aromatic rings. The van der Waals surface area contributed by atoms with Crippen LogP contribution in [0.3, 0.4) is 0 Å². The van der Waals surface area contributed by atoms with E-state index in [1.165, 1.54) is 36.4 Å². The zero-order chi connectivity index (χ0) is 20.3. The fourth-order valence-corrected chi connectivity index (χ4v) is 3.43. The minimum Gasteiger partial charge on any atom is -0.335 e. The maximum absolute atomic E-state index is 13.9. The minimum atomic E-state index is -3.80. The van der Waals surface area contributed by atoms with E-state index < -0.39 is 15.8 Å². The highest BCUT2D eigenvalue weighted by Gasteiger charge is 2.16. The van der Waals surface area contributed by atoms with Gasteiger partial charge in [0.25, 0.3) is 0 Å². The maximum atomic E-state index is 13.9. The average Bonchev–Trinajstić information content (AvgIpc) is 3.00. The molecule has 0 saturated carbocycles. The van der Waals surface area contributed by atoms with Gasteiger partial charge in [-0.25, -0.2) is 22.6 Å². The van der Waals surface area contributed by atoms with Crippen molar-refractivity contribution in [2.75, 3.05) is 16.9 Å². The molecule has 5 N–H and O–H groups in total. The molecular weight excluding hydrogens is 407 g/mol. The Morgan fingerprint density at radius 2 is 1.82 bits per heavy atom. The monoisotopic (exact) mass is 422 g/mol. The molecule has 0 aliphatic heterocycles. The lowest BCUT2D eigenvalue weighted by Crippen LogP contribution is -2.17. The van der Waals surface area contributed by atoms with Gasteiger partial charge in [-0.2, -0.15) is 0 Å². The minimum absolute atomic E-state index is 0.0382. The number of rotatable bonds is 6. The van der Waals surface area contributed by atoms with Crippen LogP contribution in [0.5, 0.6) is 0 Å². The number of carbonyl (C=O) groups excluding carboxylic acids is 1. The topological polar surface area (TPSA) is 146 Å². The number of sulfonamides is 1. The summed E-state index contributed by atoms with van der Waals surface area (Å²) in [4.78, 5) is 12.0. The summed E-state index contributed by atoms with van der Waals surface area (Å²) in [5.41, 5.74) is 0.600. The van der Waals surface area contributed by atoms with Crippen molar-refractivity contribution in [1.29, 1.82) is 0 Å². The number of nitrogens with zero attached hydrogens (tertiary/aromatic N) is 3. The second-order valence-electron chi connectivity index (χ2n) is 5.56. The van der Waals surface area contributed by atoms with Crippen LogP contribution in [0.1, 0.15) is 0 Å². The molecule has 0 aliphatic carbocycles. The number of benzene rings is 2. The number of nitrogens with two attached hydrogens (primary N) is 2. The van der Waals surface area contributed by atoms with Gasteiger partial charge in [-0.1, -0.05) is 23.9 Å². The second kappa shape index (κ2) is 7.96. The summed E-state index contributed by atoms with van der Waals surface area (Å²) >= 11 is 1.02. The lowest BCUT2D eigenvalue weighted by atomic mass is 10.2. The SMILES string of the molecule is Nn1c(SCC(=O)Nc2ccc(S(N)(=O)=O)cc2)nnc1-c1ccccc1F. The molecule has 9 nitrogen and oxygen atoms in total. The molecule has 1 amide bonds. The Balaban J connectivity index is 1.63. The van der Waals surface area contributed by atoms with Gasteiger partial charge in [0.15, 0.2) is 5.82 Å². The number of amides is 1. The Morgan fingerprint density at radius 1 is 1.14 bits per heavy atom. The van der Waals surface area contributed by atoms with E-state index in [0.29, 0.717) is 5.69 Å². The zero-order valence-electron chi connectivity index (χ0n) is 14.2. The number of aromatic nitrogens is 3. The van der Waals surface area contributed by atoms with Crippen LogP contribution in [-0.2, 0) is 14.8 Å². The molecule has 28 heavy (non-hydrogen) atoms. The van der Waals surface area contributed by atoms with Crippen LogP contribution < -0.4 is 16.3 Å². The van der Waals surface area contributed by atoms with Gasteiger partial charge in [0.2, 0.25) is 21.1 Å². The lowest BCUT2D eigenvalue weighted by molar-refractivity contribution is -0.113. The molecule has 0 aliphatic rings. The molecule has 12 heteroatoms. The summed E-state index contributed by atoms with van der Waals surface area (Å²) in [6.45, 7) is 0. The van der Waals surface area contributed by atoms with Crippen molar-refractivity contribution in [3.8, 4) is 11.4 Å². The standard InChI is InChI=1S/C16H15FN6O3S2/c17-13-4-2-1-3-12(13)15-21-22-16(23(15)18)27-9-14(24)20-10-5-7-11(8-6-10)28(19,25)26/h1-8H,9,18H2,(H,20,24)(H2,19,25,26). The largest absolute Gasteiger partial charge is 0.335 e. The van der Waals surface area contributed by atoms with Crippen LogP contribution in [0.25, 0.3) is 11.4 Å². The third kappa shape index (κ3) is 4.47. The van der Waals surface area contributed by atoms with Crippen molar-refractivity contribution >= 4 is 33.4 Å². The van der Waals surface area contributed by atoms with Crippen LogP contribution in [-0.4, -0.2) is 35.0 Å². The van der Waals surface area contributed by atoms with E-state index in [1.807, 2.05) is 0 Å². The van der Waals surface area contributed by atoms with Gasteiger partial charge in [-0.3, -0.25) is 4.79 Å². The highest BCUT2D eigenvalue weighted by Crippen LogP contribution is 2.23. The van der Waals surface area contributed by atoms with E-state index in [2.05, 4.69) is 15.5 Å². The van der Waals surface area contributed by atoms with Crippen LogP contribution in [0, 0.1) is 5.82 Å². The van der Waals surface area contributed by atoms with E-state index in [4.69, 9.17) is 11.0 Å². The van der Waals surface area contributed by atoms with Crippen molar-refractivity contribution in [2.45, 2.75) is 10.1 Å². The third-order valence-electron chi connectivity index (χ3n) is 3.58. The number of hydrogen-bond acceptors (Lipinski definition) is 7. The Hall–Kier alpha value is -2.96. The fraction of sp³-hybridized carbons (Fsp3) is 0.0625. The fourth-order valence-electron chi connectivity index (χ4n) is 2.26.